The highest BCUT2D eigenvalue weighted by atomic mass is 16.3. The van der Waals surface area contributed by atoms with Crippen molar-refractivity contribution < 1.29 is 4.42 Å². The molecule has 1 heterocycles. The van der Waals surface area contributed by atoms with Gasteiger partial charge in [0.15, 0.2) is 0 Å². The van der Waals surface area contributed by atoms with Gasteiger partial charge in [0.2, 0.25) is 0 Å². The van der Waals surface area contributed by atoms with E-state index in [1.807, 2.05) is 6.08 Å². The van der Waals surface area contributed by atoms with Crippen molar-refractivity contribution in [2.75, 3.05) is 9.80 Å². The molecule has 3 heteroatoms. The van der Waals surface area contributed by atoms with Crippen molar-refractivity contribution in [3.63, 3.8) is 0 Å². The van der Waals surface area contributed by atoms with Gasteiger partial charge in [-0.1, -0.05) is 196 Å². The first-order chi connectivity index (χ1) is 40.6. The van der Waals surface area contributed by atoms with Crippen LogP contribution in [-0.4, -0.2) is 0 Å². The Morgan fingerprint density at radius 3 is 1.64 bits per heavy atom. The standard InChI is InChI=1S/C80H68N2O/c1-9-25-70-76(12-4)83-77-39-24-38-74(79(70)77)82(61-42-44-66(55(8)46-61)64-34-18-16-26-52(64)5)63-43-45-69-72(50-63)80(58-30-22-28-56(10-2)47-58,59-31-23-29-57(11-3)48-59)73-51-75(67-36-20-21-37-68(67)78(69)73)81(60-32-14-13-15-33-60)62-41-40-54(7)71(49-62)65-35-19-17-27-53(65)6/h9,12-51H,4,10-11H2,1-3,5-8H3/b25-9-. The first-order valence-electron chi connectivity index (χ1n) is 29.3. The number of furan rings is 1. The van der Waals surface area contributed by atoms with Gasteiger partial charge in [0.05, 0.1) is 22.2 Å². The third-order valence-electron chi connectivity index (χ3n) is 17.5. The van der Waals surface area contributed by atoms with Gasteiger partial charge in [0.1, 0.15) is 11.3 Å². The maximum absolute atomic E-state index is 6.66. The monoisotopic (exact) mass is 1070 g/mol. The zero-order chi connectivity index (χ0) is 56.9. The third kappa shape index (κ3) is 8.82. The van der Waals surface area contributed by atoms with E-state index in [2.05, 4.69) is 308 Å². The number of fused-ring (bicyclic) bond motifs is 6. The predicted molar refractivity (Wildman–Crippen MR) is 354 cm³/mol. The summed E-state index contributed by atoms with van der Waals surface area (Å²) in [7, 11) is 0. The molecule has 3 nitrogen and oxygen atoms in total. The number of allylic oxidation sites excluding steroid dienone is 1. The molecule has 0 spiro atoms. The molecule has 0 atom stereocenters. The molecule has 0 amide bonds. The van der Waals surface area contributed by atoms with Crippen molar-refractivity contribution in [2.45, 2.75) is 66.7 Å². The van der Waals surface area contributed by atoms with Crippen LogP contribution in [0.1, 0.15) is 87.7 Å². The maximum atomic E-state index is 6.66. The van der Waals surface area contributed by atoms with Gasteiger partial charge in [-0.2, -0.15) is 0 Å². The zero-order valence-electron chi connectivity index (χ0n) is 48.6. The number of hydrogen-bond donors (Lipinski definition) is 0. The molecule has 0 saturated carbocycles. The highest BCUT2D eigenvalue weighted by Gasteiger charge is 2.48. The SMILES string of the molecule is C=Cc1oc2cccc(N(c3ccc(-c4ccccc4C)c(C)c3)c3ccc4c(c3)C(c3cccc(CC)c3)(c3cccc(CC)c3)c3cc(N(c5ccccc5)c5ccc(C)c(-c6ccccc6C)c5)c5ccccc5c3-4)c2c1/C=C\C. The molecule has 13 rings (SSSR count). The molecule has 1 aliphatic carbocycles. The number of rotatable bonds is 14. The highest BCUT2D eigenvalue weighted by Crippen LogP contribution is 2.61. The Balaban J connectivity index is 1.15. The van der Waals surface area contributed by atoms with E-state index in [9.17, 15) is 0 Å². The van der Waals surface area contributed by atoms with Crippen LogP contribution in [0.3, 0.4) is 0 Å². The van der Waals surface area contributed by atoms with Crippen LogP contribution in [0.25, 0.3) is 67.3 Å². The Bertz CT molecular complexity index is 4470. The molecular weight excluding hydrogens is 1000 g/mol. The molecule has 1 aromatic heterocycles. The molecule has 1 aliphatic rings. The topological polar surface area (TPSA) is 19.6 Å². The molecule has 0 unspecified atom stereocenters. The molecule has 12 aromatic rings. The molecule has 0 fully saturated rings. The lowest BCUT2D eigenvalue weighted by Gasteiger charge is -2.36. The highest BCUT2D eigenvalue weighted by molar-refractivity contribution is 6.12. The fourth-order valence-corrected chi connectivity index (χ4v) is 13.5. The molecule has 0 aliphatic heterocycles. The van der Waals surface area contributed by atoms with Crippen LogP contribution in [0.15, 0.2) is 248 Å². The maximum Gasteiger partial charge on any atom is 0.137 e. The van der Waals surface area contributed by atoms with Gasteiger partial charge >= 0.3 is 0 Å². The Morgan fingerprint density at radius 2 is 0.988 bits per heavy atom. The summed E-state index contributed by atoms with van der Waals surface area (Å²) in [6.07, 6.45) is 7.89. The lowest BCUT2D eigenvalue weighted by molar-refractivity contribution is 0.603. The van der Waals surface area contributed by atoms with E-state index < -0.39 is 5.41 Å². The van der Waals surface area contributed by atoms with Crippen LogP contribution < -0.4 is 9.80 Å². The van der Waals surface area contributed by atoms with E-state index in [-0.39, 0.29) is 0 Å². The average molecular weight is 1070 g/mol. The van der Waals surface area contributed by atoms with Crippen LogP contribution >= 0.6 is 0 Å². The van der Waals surface area contributed by atoms with Crippen LogP contribution in [0, 0.1) is 27.7 Å². The molecule has 0 bridgehead atoms. The van der Waals surface area contributed by atoms with Gasteiger partial charge in [0.25, 0.3) is 0 Å². The lowest BCUT2D eigenvalue weighted by atomic mass is 9.66. The normalized spacial score (nSPS) is 12.5. The summed E-state index contributed by atoms with van der Waals surface area (Å²) in [5.74, 6) is 0.746. The molecule has 0 saturated heterocycles. The summed E-state index contributed by atoms with van der Waals surface area (Å²) in [4.78, 5) is 4.97. The Hall–Kier alpha value is -9.70. The number of hydrogen-bond acceptors (Lipinski definition) is 3. The van der Waals surface area contributed by atoms with Crippen LogP contribution in [0.4, 0.5) is 34.1 Å². The van der Waals surface area contributed by atoms with Crippen LogP contribution in [0.2, 0.25) is 0 Å². The Kier molecular flexibility index (Phi) is 13.7. The molecule has 0 N–H and O–H groups in total. The van der Waals surface area contributed by atoms with Gasteiger partial charge in [0, 0.05) is 33.7 Å². The van der Waals surface area contributed by atoms with Gasteiger partial charge in [-0.25, -0.2) is 0 Å². The van der Waals surface area contributed by atoms with Gasteiger partial charge in [-0.15, -0.1) is 0 Å². The zero-order valence-corrected chi connectivity index (χ0v) is 48.6. The molecule has 11 aromatic carbocycles. The lowest BCUT2D eigenvalue weighted by Crippen LogP contribution is -2.29. The second-order valence-corrected chi connectivity index (χ2v) is 22.3. The summed E-state index contributed by atoms with van der Waals surface area (Å²) in [5, 5.41) is 3.41. The van der Waals surface area contributed by atoms with Gasteiger partial charge in [-0.3, -0.25) is 0 Å². The third-order valence-corrected chi connectivity index (χ3v) is 17.5. The van der Waals surface area contributed by atoms with Crippen molar-refractivity contribution >= 4 is 68.0 Å². The number of benzene rings is 11. The fourth-order valence-electron chi connectivity index (χ4n) is 13.5. The average Bonchev–Trinajstić information content (AvgIpc) is 2.65. The van der Waals surface area contributed by atoms with Crippen molar-refractivity contribution in [3.8, 4) is 33.4 Å². The van der Waals surface area contributed by atoms with Crippen molar-refractivity contribution in [3.05, 3.63) is 310 Å². The van der Waals surface area contributed by atoms with Crippen molar-refractivity contribution in [1.82, 2.24) is 0 Å². The number of para-hydroxylation sites is 1. The van der Waals surface area contributed by atoms with Crippen LogP contribution in [0.5, 0.6) is 0 Å². The second-order valence-electron chi connectivity index (χ2n) is 22.3. The molecule has 0 radical (unpaired) electrons. The Morgan fingerprint density at radius 1 is 0.434 bits per heavy atom. The quantitative estimate of drug-likeness (QED) is 0.108. The van der Waals surface area contributed by atoms with Crippen LogP contribution in [-0.2, 0) is 18.3 Å². The van der Waals surface area contributed by atoms with E-state index in [0.717, 1.165) is 69.3 Å². The smallest absolute Gasteiger partial charge is 0.137 e. The Labute approximate surface area is 489 Å². The second kappa shape index (κ2) is 21.6. The van der Waals surface area contributed by atoms with Crippen molar-refractivity contribution in [2.24, 2.45) is 0 Å². The number of anilines is 6. The minimum absolute atomic E-state index is 0.746. The van der Waals surface area contributed by atoms with Crippen molar-refractivity contribution in [1.29, 1.82) is 0 Å². The largest absolute Gasteiger partial charge is 0.456 e. The summed E-state index contributed by atoms with van der Waals surface area (Å²) in [6, 6.07) is 86.7. The number of aryl methyl sites for hydroxylation is 6. The predicted octanol–water partition coefficient (Wildman–Crippen LogP) is 22.3. The first-order valence-corrected chi connectivity index (χ1v) is 29.3. The fraction of sp³-hybridized carbons (Fsp3) is 0.125. The van der Waals surface area contributed by atoms with E-state index in [0.29, 0.717) is 0 Å². The minimum Gasteiger partial charge on any atom is -0.456 e. The van der Waals surface area contributed by atoms with Gasteiger partial charge in [-0.05, 0) is 215 Å². The summed E-state index contributed by atoms with van der Waals surface area (Å²) < 4.78 is 6.66. The van der Waals surface area contributed by atoms with E-state index in [1.165, 1.54) is 99.8 Å². The number of nitrogens with zero attached hydrogens (tertiary/aromatic N) is 2. The van der Waals surface area contributed by atoms with E-state index in [1.54, 1.807) is 0 Å². The van der Waals surface area contributed by atoms with Gasteiger partial charge < -0.3 is 14.2 Å². The molecule has 404 valence electrons. The van der Waals surface area contributed by atoms with E-state index >= 15 is 0 Å². The summed E-state index contributed by atoms with van der Waals surface area (Å²) in [6.45, 7) is 19.7. The summed E-state index contributed by atoms with van der Waals surface area (Å²) in [5.41, 5.74) is 27.3. The molecular formula is C80H68N2O. The minimum atomic E-state index is -0.790. The first kappa shape index (κ1) is 52.7. The summed E-state index contributed by atoms with van der Waals surface area (Å²) >= 11 is 0. The van der Waals surface area contributed by atoms with E-state index in [4.69, 9.17) is 4.42 Å². The molecule has 83 heavy (non-hydrogen) atoms.